The van der Waals surface area contributed by atoms with Gasteiger partial charge < -0.3 is 10.1 Å². The SMILES string of the molecule is CNC(=S)C(OC)c1ccccn1.Cl. The zero-order chi connectivity index (χ0) is 9.68. The molecule has 1 N–H and O–H groups in total. The van der Waals surface area contributed by atoms with Crippen LogP contribution in [0.5, 0.6) is 0 Å². The number of hydrogen-bond acceptors (Lipinski definition) is 3. The van der Waals surface area contributed by atoms with Gasteiger partial charge in [-0.1, -0.05) is 18.3 Å². The number of ether oxygens (including phenoxy) is 1. The Morgan fingerprint density at radius 1 is 1.57 bits per heavy atom. The Balaban J connectivity index is 0.00000169. The largest absolute Gasteiger partial charge is 0.380 e. The van der Waals surface area contributed by atoms with Gasteiger partial charge in [-0.25, -0.2) is 0 Å². The van der Waals surface area contributed by atoms with Crippen LogP contribution in [0, 0.1) is 0 Å². The molecule has 0 saturated heterocycles. The lowest BCUT2D eigenvalue weighted by atomic mass is 10.2. The van der Waals surface area contributed by atoms with Crippen molar-refractivity contribution < 1.29 is 4.74 Å². The fourth-order valence-corrected chi connectivity index (χ4v) is 1.24. The Hall–Kier alpha value is -0.710. The maximum Gasteiger partial charge on any atom is 0.149 e. The second kappa shape index (κ2) is 6.70. The molecule has 0 aliphatic carbocycles. The first-order valence-electron chi connectivity index (χ1n) is 3.95. The molecule has 3 nitrogen and oxygen atoms in total. The van der Waals surface area contributed by atoms with Crippen LogP contribution in [0.3, 0.4) is 0 Å². The van der Waals surface area contributed by atoms with Gasteiger partial charge in [-0.05, 0) is 12.1 Å². The standard InChI is InChI=1S/C9H12N2OS.ClH/c1-10-9(13)8(12-2)7-5-3-4-6-11-7;/h3-6,8H,1-2H3,(H,10,13);1H. The van der Waals surface area contributed by atoms with Gasteiger partial charge in [0.15, 0.2) is 0 Å². The molecule has 1 unspecified atom stereocenters. The predicted molar refractivity (Wildman–Crippen MR) is 62.9 cm³/mol. The molecule has 5 heteroatoms. The third-order valence-corrected chi connectivity index (χ3v) is 2.09. The zero-order valence-corrected chi connectivity index (χ0v) is 9.69. The van der Waals surface area contributed by atoms with Crippen molar-refractivity contribution in [3.05, 3.63) is 30.1 Å². The lowest BCUT2D eigenvalue weighted by molar-refractivity contribution is 0.154. The van der Waals surface area contributed by atoms with E-state index in [0.717, 1.165) is 5.69 Å². The molecule has 1 aromatic heterocycles. The number of thiocarbonyl (C=S) groups is 1. The first-order valence-corrected chi connectivity index (χ1v) is 4.35. The molecular formula is C9H13ClN2OS. The van der Waals surface area contributed by atoms with Crippen molar-refractivity contribution in [1.82, 2.24) is 10.3 Å². The van der Waals surface area contributed by atoms with E-state index in [4.69, 9.17) is 17.0 Å². The van der Waals surface area contributed by atoms with Crippen LogP contribution in [-0.4, -0.2) is 24.1 Å². The van der Waals surface area contributed by atoms with Crippen LogP contribution in [0.2, 0.25) is 0 Å². The van der Waals surface area contributed by atoms with Gasteiger partial charge in [0.05, 0.1) is 5.69 Å². The number of rotatable bonds is 3. The molecule has 0 aromatic carbocycles. The summed E-state index contributed by atoms with van der Waals surface area (Å²) in [6.07, 6.45) is 1.47. The van der Waals surface area contributed by atoms with E-state index in [1.54, 1.807) is 20.4 Å². The summed E-state index contributed by atoms with van der Waals surface area (Å²) in [5.41, 5.74) is 0.823. The van der Waals surface area contributed by atoms with E-state index >= 15 is 0 Å². The number of halogens is 1. The molecule has 0 spiro atoms. The Labute approximate surface area is 95.3 Å². The number of likely N-dealkylation sites (N-methyl/N-ethyl adjacent to an activating group) is 1. The Bertz CT molecular complexity index is 281. The molecule has 0 amide bonds. The van der Waals surface area contributed by atoms with Gasteiger partial charge in [0.1, 0.15) is 11.1 Å². The maximum absolute atomic E-state index is 5.22. The summed E-state index contributed by atoms with van der Waals surface area (Å²) in [5.74, 6) is 0. The summed E-state index contributed by atoms with van der Waals surface area (Å²) in [6.45, 7) is 0. The molecule has 0 fully saturated rings. The molecule has 0 radical (unpaired) electrons. The normalized spacial score (nSPS) is 11.3. The molecule has 0 saturated carbocycles. The van der Waals surface area contributed by atoms with E-state index in [1.807, 2.05) is 18.2 Å². The number of hydrogen-bond donors (Lipinski definition) is 1. The summed E-state index contributed by atoms with van der Waals surface area (Å²) < 4.78 is 5.22. The summed E-state index contributed by atoms with van der Waals surface area (Å²) >= 11 is 5.08. The van der Waals surface area contributed by atoms with Gasteiger partial charge in [0.2, 0.25) is 0 Å². The van der Waals surface area contributed by atoms with Gasteiger partial charge in [0.25, 0.3) is 0 Å². The van der Waals surface area contributed by atoms with Crippen LogP contribution in [0.4, 0.5) is 0 Å². The second-order valence-electron chi connectivity index (χ2n) is 2.48. The Morgan fingerprint density at radius 3 is 2.71 bits per heavy atom. The van der Waals surface area contributed by atoms with Crippen molar-refractivity contribution in [1.29, 1.82) is 0 Å². The van der Waals surface area contributed by atoms with Crippen LogP contribution in [0.1, 0.15) is 11.8 Å². The van der Waals surface area contributed by atoms with Crippen LogP contribution < -0.4 is 5.32 Å². The highest BCUT2D eigenvalue weighted by Crippen LogP contribution is 2.13. The van der Waals surface area contributed by atoms with Crippen molar-refractivity contribution >= 4 is 29.6 Å². The first kappa shape index (κ1) is 13.3. The van der Waals surface area contributed by atoms with Crippen LogP contribution >= 0.6 is 24.6 Å². The highest BCUT2D eigenvalue weighted by atomic mass is 35.5. The lowest BCUT2D eigenvalue weighted by Gasteiger charge is -2.14. The Kier molecular flexibility index (Phi) is 6.36. The fraction of sp³-hybridized carbons (Fsp3) is 0.333. The van der Waals surface area contributed by atoms with E-state index in [0.29, 0.717) is 4.99 Å². The van der Waals surface area contributed by atoms with Gasteiger partial charge in [-0.15, -0.1) is 12.4 Å². The van der Waals surface area contributed by atoms with Crippen molar-refractivity contribution in [3.8, 4) is 0 Å². The minimum atomic E-state index is -0.249. The predicted octanol–water partition coefficient (Wildman–Crippen LogP) is 1.74. The fourth-order valence-electron chi connectivity index (χ4n) is 1.02. The molecule has 1 rings (SSSR count). The molecule has 0 bridgehead atoms. The number of methoxy groups -OCH3 is 1. The smallest absolute Gasteiger partial charge is 0.149 e. The van der Waals surface area contributed by atoms with E-state index in [2.05, 4.69) is 10.3 Å². The van der Waals surface area contributed by atoms with Crippen LogP contribution in [-0.2, 0) is 4.74 Å². The van der Waals surface area contributed by atoms with E-state index in [9.17, 15) is 0 Å². The average Bonchev–Trinajstić information content (AvgIpc) is 2.20. The third-order valence-electron chi connectivity index (χ3n) is 1.68. The van der Waals surface area contributed by atoms with E-state index < -0.39 is 0 Å². The summed E-state index contributed by atoms with van der Waals surface area (Å²) in [7, 11) is 3.39. The number of nitrogens with one attached hydrogen (secondary N) is 1. The molecule has 0 aliphatic rings. The van der Waals surface area contributed by atoms with Crippen molar-refractivity contribution in [2.24, 2.45) is 0 Å². The molecule has 1 atom stereocenters. The summed E-state index contributed by atoms with van der Waals surface area (Å²) in [5, 5.41) is 2.88. The van der Waals surface area contributed by atoms with Crippen molar-refractivity contribution in [2.75, 3.05) is 14.2 Å². The lowest BCUT2D eigenvalue weighted by Crippen LogP contribution is -2.25. The first-order chi connectivity index (χ1) is 6.29. The minimum Gasteiger partial charge on any atom is -0.380 e. The Morgan fingerprint density at radius 2 is 2.29 bits per heavy atom. The maximum atomic E-state index is 5.22. The molecule has 1 aromatic rings. The number of nitrogens with zero attached hydrogens (tertiary/aromatic N) is 1. The highest BCUT2D eigenvalue weighted by Gasteiger charge is 2.15. The monoisotopic (exact) mass is 232 g/mol. The van der Waals surface area contributed by atoms with Crippen molar-refractivity contribution in [2.45, 2.75) is 6.10 Å². The van der Waals surface area contributed by atoms with E-state index in [-0.39, 0.29) is 18.5 Å². The quantitative estimate of drug-likeness (QED) is 0.806. The van der Waals surface area contributed by atoms with Gasteiger partial charge in [0, 0.05) is 20.4 Å². The zero-order valence-electron chi connectivity index (χ0n) is 8.06. The van der Waals surface area contributed by atoms with Gasteiger partial charge in [-0.3, -0.25) is 4.98 Å². The van der Waals surface area contributed by atoms with Gasteiger partial charge >= 0.3 is 0 Å². The van der Waals surface area contributed by atoms with E-state index in [1.165, 1.54) is 0 Å². The van der Waals surface area contributed by atoms with Crippen LogP contribution in [0.25, 0.3) is 0 Å². The molecule has 0 aliphatic heterocycles. The van der Waals surface area contributed by atoms with Gasteiger partial charge in [-0.2, -0.15) is 0 Å². The number of pyridine rings is 1. The summed E-state index contributed by atoms with van der Waals surface area (Å²) in [6, 6.07) is 5.66. The van der Waals surface area contributed by atoms with Crippen molar-refractivity contribution in [3.63, 3.8) is 0 Å². The number of aromatic nitrogens is 1. The average molecular weight is 233 g/mol. The second-order valence-corrected chi connectivity index (χ2v) is 2.92. The minimum absolute atomic E-state index is 0. The molecular weight excluding hydrogens is 220 g/mol. The molecule has 1 heterocycles. The molecule has 14 heavy (non-hydrogen) atoms. The summed E-state index contributed by atoms with van der Waals surface area (Å²) in [4.78, 5) is 4.81. The highest BCUT2D eigenvalue weighted by molar-refractivity contribution is 7.80. The third kappa shape index (κ3) is 3.21. The molecule has 78 valence electrons. The topological polar surface area (TPSA) is 34.1 Å². The van der Waals surface area contributed by atoms with Crippen LogP contribution in [0.15, 0.2) is 24.4 Å².